The third-order valence-corrected chi connectivity index (χ3v) is 4.91. The van der Waals surface area contributed by atoms with E-state index in [9.17, 15) is 9.59 Å². The number of pyridine rings is 1. The first-order chi connectivity index (χ1) is 14.7. The van der Waals surface area contributed by atoms with Crippen molar-refractivity contribution in [1.29, 1.82) is 0 Å². The van der Waals surface area contributed by atoms with Gasteiger partial charge in [-0.2, -0.15) is 0 Å². The maximum atomic E-state index is 12.1. The predicted molar refractivity (Wildman–Crippen MR) is 120 cm³/mol. The van der Waals surface area contributed by atoms with Gasteiger partial charge in [0.15, 0.2) is 0 Å². The van der Waals surface area contributed by atoms with Crippen molar-refractivity contribution in [2.75, 3.05) is 11.9 Å². The molecule has 150 valence electrons. The normalized spacial score (nSPS) is 11.2. The number of para-hydroxylation sites is 1. The van der Waals surface area contributed by atoms with Gasteiger partial charge in [0.2, 0.25) is 11.8 Å². The molecule has 6 heteroatoms. The lowest BCUT2D eigenvalue weighted by Gasteiger charge is -2.05. The minimum Gasteiger partial charge on any atom is -0.343 e. The molecule has 0 saturated carbocycles. The number of fused-ring (bicyclic) bond motifs is 3. The van der Waals surface area contributed by atoms with Crippen LogP contribution < -0.4 is 10.6 Å². The van der Waals surface area contributed by atoms with Crippen LogP contribution >= 0.6 is 0 Å². The van der Waals surface area contributed by atoms with Crippen molar-refractivity contribution in [2.45, 2.75) is 13.5 Å². The van der Waals surface area contributed by atoms with Crippen LogP contribution in [0.5, 0.6) is 0 Å². The summed E-state index contributed by atoms with van der Waals surface area (Å²) in [4.78, 5) is 27.9. The fraction of sp³-hybridized carbons (Fsp3) is 0.125. The Kier molecular flexibility index (Phi) is 5.57. The molecule has 0 atom stereocenters. The maximum Gasteiger partial charge on any atom is 0.244 e. The first-order valence-electron chi connectivity index (χ1n) is 9.82. The molecule has 0 aliphatic carbocycles. The molecule has 0 saturated heterocycles. The van der Waals surface area contributed by atoms with Gasteiger partial charge in [-0.05, 0) is 48.9 Å². The summed E-state index contributed by atoms with van der Waals surface area (Å²) in [6.07, 6.45) is 6.37. The molecule has 0 radical (unpaired) electrons. The molecule has 0 aliphatic rings. The van der Waals surface area contributed by atoms with Gasteiger partial charge in [0.25, 0.3) is 0 Å². The number of nitrogens with one attached hydrogen (secondary N) is 2. The number of carbonyl (C=O) groups excluding carboxylic acids is 2. The van der Waals surface area contributed by atoms with Crippen LogP contribution in [0.15, 0.2) is 73.1 Å². The van der Waals surface area contributed by atoms with Crippen LogP contribution in [0.25, 0.3) is 27.9 Å². The van der Waals surface area contributed by atoms with Crippen molar-refractivity contribution < 1.29 is 9.59 Å². The minimum absolute atomic E-state index is 0.110. The zero-order chi connectivity index (χ0) is 20.9. The molecule has 2 aromatic heterocycles. The fourth-order valence-corrected chi connectivity index (χ4v) is 3.56. The van der Waals surface area contributed by atoms with E-state index >= 15 is 0 Å². The summed E-state index contributed by atoms with van der Waals surface area (Å²) >= 11 is 0. The van der Waals surface area contributed by atoms with Crippen molar-refractivity contribution in [1.82, 2.24) is 14.9 Å². The molecule has 0 fully saturated rings. The van der Waals surface area contributed by atoms with Gasteiger partial charge >= 0.3 is 0 Å². The van der Waals surface area contributed by atoms with Crippen LogP contribution in [0.3, 0.4) is 0 Å². The van der Waals surface area contributed by atoms with E-state index in [1.807, 2.05) is 18.2 Å². The molecule has 4 aromatic rings. The number of amides is 2. The highest BCUT2D eigenvalue weighted by atomic mass is 16.2. The van der Waals surface area contributed by atoms with E-state index in [4.69, 9.17) is 0 Å². The molecule has 0 unspecified atom stereocenters. The molecular weight excluding hydrogens is 376 g/mol. The predicted octanol–water partition coefficient (Wildman–Crippen LogP) is 3.98. The van der Waals surface area contributed by atoms with Gasteiger partial charge in [0, 0.05) is 40.6 Å². The van der Waals surface area contributed by atoms with E-state index in [0.29, 0.717) is 5.69 Å². The number of rotatable bonds is 6. The van der Waals surface area contributed by atoms with Crippen molar-refractivity contribution in [3.8, 4) is 0 Å². The summed E-state index contributed by atoms with van der Waals surface area (Å²) in [6, 6.07) is 17.9. The lowest BCUT2D eigenvalue weighted by molar-refractivity contribution is -0.121. The second-order valence-corrected chi connectivity index (χ2v) is 6.88. The lowest BCUT2D eigenvalue weighted by atomic mass is 10.1. The van der Waals surface area contributed by atoms with Crippen molar-refractivity contribution >= 4 is 45.4 Å². The smallest absolute Gasteiger partial charge is 0.244 e. The average Bonchev–Trinajstić information content (AvgIpc) is 3.10. The summed E-state index contributed by atoms with van der Waals surface area (Å²) in [7, 11) is 0. The molecule has 2 aromatic carbocycles. The van der Waals surface area contributed by atoms with E-state index in [0.717, 1.165) is 17.5 Å². The van der Waals surface area contributed by atoms with E-state index in [1.165, 1.54) is 22.5 Å². The van der Waals surface area contributed by atoms with E-state index < -0.39 is 0 Å². The Labute approximate surface area is 174 Å². The van der Waals surface area contributed by atoms with Crippen LogP contribution in [0.1, 0.15) is 12.5 Å². The third-order valence-electron chi connectivity index (χ3n) is 4.91. The number of aryl methyl sites for hydroxylation is 1. The van der Waals surface area contributed by atoms with Crippen molar-refractivity contribution in [3.05, 3.63) is 78.6 Å². The summed E-state index contributed by atoms with van der Waals surface area (Å²) < 4.78 is 2.28. The highest BCUT2D eigenvalue weighted by Crippen LogP contribution is 2.29. The van der Waals surface area contributed by atoms with Crippen LogP contribution in [-0.2, 0) is 16.1 Å². The van der Waals surface area contributed by atoms with Crippen LogP contribution in [0, 0.1) is 0 Å². The fourth-order valence-electron chi connectivity index (χ4n) is 3.56. The van der Waals surface area contributed by atoms with Gasteiger partial charge in [-0.1, -0.05) is 24.3 Å². The number of hydrogen-bond acceptors (Lipinski definition) is 3. The van der Waals surface area contributed by atoms with E-state index in [1.54, 1.807) is 30.6 Å². The molecule has 30 heavy (non-hydrogen) atoms. The van der Waals surface area contributed by atoms with Gasteiger partial charge in [0.1, 0.15) is 0 Å². The Morgan fingerprint density at radius 3 is 2.67 bits per heavy atom. The standard InChI is InChI=1S/C24H22N4O2/c1-2-28-21-8-4-3-7-19(21)20-14-17(9-11-22(20)28)10-12-23(29)26-16-24(30)27-18-6-5-13-25-15-18/h3-15H,2,16H2,1H3,(H,26,29)(H,27,30)/b12-10+. The summed E-state index contributed by atoms with van der Waals surface area (Å²) in [5, 5.41) is 7.62. The summed E-state index contributed by atoms with van der Waals surface area (Å²) in [6.45, 7) is 2.91. The third kappa shape index (κ3) is 4.07. The van der Waals surface area contributed by atoms with E-state index in [-0.39, 0.29) is 18.4 Å². The van der Waals surface area contributed by atoms with Gasteiger partial charge in [-0.25, -0.2) is 0 Å². The Bertz CT molecular complexity index is 1240. The average molecular weight is 398 g/mol. The number of nitrogens with zero attached hydrogens (tertiary/aromatic N) is 2. The van der Waals surface area contributed by atoms with Gasteiger partial charge < -0.3 is 15.2 Å². The zero-order valence-corrected chi connectivity index (χ0v) is 16.6. The zero-order valence-electron chi connectivity index (χ0n) is 16.6. The molecule has 2 N–H and O–H groups in total. The maximum absolute atomic E-state index is 12.1. The lowest BCUT2D eigenvalue weighted by Crippen LogP contribution is -2.31. The molecule has 0 aliphatic heterocycles. The van der Waals surface area contributed by atoms with Crippen LogP contribution in [-0.4, -0.2) is 27.9 Å². The van der Waals surface area contributed by atoms with E-state index in [2.05, 4.69) is 51.4 Å². The molecule has 0 spiro atoms. The number of hydrogen-bond donors (Lipinski definition) is 2. The summed E-state index contributed by atoms with van der Waals surface area (Å²) in [5.74, 6) is -0.633. The van der Waals surface area contributed by atoms with Crippen LogP contribution in [0.4, 0.5) is 5.69 Å². The second kappa shape index (κ2) is 8.61. The molecule has 2 amide bonds. The highest BCUT2D eigenvalue weighted by molar-refractivity contribution is 6.09. The van der Waals surface area contributed by atoms with Crippen molar-refractivity contribution in [3.63, 3.8) is 0 Å². The quantitative estimate of drug-likeness (QED) is 0.483. The molecule has 2 heterocycles. The number of aromatic nitrogens is 2. The molecule has 0 bridgehead atoms. The topological polar surface area (TPSA) is 76.0 Å². The number of benzene rings is 2. The first-order valence-corrected chi connectivity index (χ1v) is 9.82. The highest BCUT2D eigenvalue weighted by Gasteiger charge is 2.09. The van der Waals surface area contributed by atoms with Crippen LogP contribution in [0.2, 0.25) is 0 Å². The SMILES string of the molecule is CCn1c2ccccc2c2cc(/C=C/C(=O)NCC(=O)Nc3cccnc3)ccc21. The molecular formula is C24H22N4O2. The first kappa shape index (κ1) is 19.4. The van der Waals surface area contributed by atoms with Crippen molar-refractivity contribution in [2.24, 2.45) is 0 Å². The largest absolute Gasteiger partial charge is 0.343 e. The minimum atomic E-state index is -0.326. The van der Waals surface area contributed by atoms with Gasteiger partial charge in [-0.15, -0.1) is 0 Å². The number of carbonyl (C=O) groups is 2. The van der Waals surface area contributed by atoms with Gasteiger partial charge in [-0.3, -0.25) is 14.6 Å². The Morgan fingerprint density at radius 2 is 1.87 bits per heavy atom. The monoisotopic (exact) mass is 398 g/mol. The molecule has 6 nitrogen and oxygen atoms in total. The number of anilines is 1. The molecule has 4 rings (SSSR count). The Morgan fingerprint density at radius 1 is 1.03 bits per heavy atom. The van der Waals surface area contributed by atoms with Gasteiger partial charge in [0.05, 0.1) is 18.4 Å². The Hall–Kier alpha value is -3.93. The summed E-state index contributed by atoms with van der Waals surface area (Å²) in [5.41, 5.74) is 3.89. The Balaban J connectivity index is 1.44. The second-order valence-electron chi connectivity index (χ2n) is 6.88.